The van der Waals surface area contributed by atoms with Crippen LogP contribution in [0.25, 0.3) is 10.8 Å². The van der Waals surface area contributed by atoms with Crippen LogP contribution in [0.2, 0.25) is 0 Å². The molecule has 0 saturated heterocycles. The summed E-state index contributed by atoms with van der Waals surface area (Å²) >= 11 is 3.59. The first-order valence-electron chi connectivity index (χ1n) is 5.90. The molecule has 0 N–H and O–H groups in total. The summed E-state index contributed by atoms with van der Waals surface area (Å²) in [4.78, 5) is 4.52. The molecule has 3 aromatic rings. The Balaban J connectivity index is 2.08. The fourth-order valence-electron chi connectivity index (χ4n) is 2.15. The van der Waals surface area contributed by atoms with Gasteiger partial charge >= 0.3 is 0 Å². The van der Waals surface area contributed by atoms with Crippen LogP contribution in [0.15, 0.2) is 65.3 Å². The second kappa shape index (κ2) is 4.91. The lowest BCUT2D eigenvalue weighted by Crippen LogP contribution is -1.94. The Morgan fingerprint density at radius 2 is 1.67 bits per heavy atom. The number of hydrogen-bond acceptors (Lipinski definition) is 1. The van der Waals surface area contributed by atoms with Crippen molar-refractivity contribution < 1.29 is 0 Å². The van der Waals surface area contributed by atoms with Gasteiger partial charge in [-0.2, -0.15) is 0 Å². The van der Waals surface area contributed by atoms with Crippen molar-refractivity contribution in [1.82, 2.24) is 4.98 Å². The van der Waals surface area contributed by atoms with Crippen LogP contribution in [-0.4, -0.2) is 4.98 Å². The van der Waals surface area contributed by atoms with Crippen LogP contribution in [0.3, 0.4) is 0 Å². The van der Waals surface area contributed by atoms with E-state index in [4.69, 9.17) is 0 Å². The summed E-state index contributed by atoms with van der Waals surface area (Å²) in [5, 5.41) is 2.48. The highest BCUT2D eigenvalue weighted by Crippen LogP contribution is 2.23. The van der Waals surface area contributed by atoms with E-state index >= 15 is 0 Å². The highest BCUT2D eigenvalue weighted by atomic mass is 79.9. The van der Waals surface area contributed by atoms with Crippen LogP contribution in [0.1, 0.15) is 11.3 Å². The molecular weight excluding hydrogens is 286 g/mol. The molecule has 88 valence electrons. The Morgan fingerprint density at radius 1 is 0.889 bits per heavy atom. The molecule has 1 heterocycles. The molecule has 0 spiro atoms. The summed E-state index contributed by atoms with van der Waals surface area (Å²) in [7, 11) is 0. The molecule has 0 unspecified atom stereocenters. The minimum absolute atomic E-state index is 0.850. The predicted molar refractivity (Wildman–Crippen MR) is 78.7 cm³/mol. The first-order chi connectivity index (χ1) is 8.84. The molecule has 2 aromatic carbocycles. The maximum Gasteiger partial charge on any atom is 0.0526 e. The molecule has 0 radical (unpaired) electrons. The predicted octanol–water partition coefficient (Wildman–Crippen LogP) is 4.59. The van der Waals surface area contributed by atoms with Gasteiger partial charge in [-0.1, -0.05) is 58.4 Å². The number of fused-ring (bicyclic) bond motifs is 1. The van der Waals surface area contributed by atoms with Gasteiger partial charge in [0, 0.05) is 22.5 Å². The fourth-order valence-corrected chi connectivity index (χ4v) is 2.57. The van der Waals surface area contributed by atoms with Gasteiger partial charge in [0.05, 0.1) is 5.69 Å². The zero-order valence-electron chi connectivity index (χ0n) is 9.81. The third-order valence-electron chi connectivity index (χ3n) is 3.07. The molecular formula is C16H12BrN. The molecule has 2 heteroatoms. The van der Waals surface area contributed by atoms with Gasteiger partial charge in [-0.25, -0.2) is 0 Å². The van der Waals surface area contributed by atoms with E-state index < -0.39 is 0 Å². The average molecular weight is 298 g/mol. The SMILES string of the molecule is Brc1ccccc1Cc1nccc2ccccc12. The third-order valence-corrected chi connectivity index (χ3v) is 3.85. The smallest absolute Gasteiger partial charge is 0.0526 e. The Bertz CT molecular complexity index is 686. The topological polar surface area (TPSA) is 12.9 Å². The average Bonchev–Trinajstić information content (AvgIpc) is 2.42. The zero-order chi connectivity index (χ0) is 12.4. The van der Waals surface area contributed by atoms with Crippen LogP contribution < -0.4 is 0 Å². The minimum atomic E-state index is 0.850. The van der Waals surface area contributed by atoms with Crippen molar-refractivity contribution in [2.24, 2.45) is 0 Å². The van der Waals surface area contributed by atoms with Crippen molar-refractivity contribution in [2.75, 3.05) is 0 Å². The summed E-state index contributed by atoms with van der Waals surface area (Å²) in [6, 6.07) is 18.7. The van der Waals surface area contributed by atoms with Crippen molar-refractivity contribution in [2.45, 2.75) is 6.42 Å². The molecule has 1 aromatic heterocycles. The number of hydrogen-bond donors (Lipinski definition) is 0. The molecule has 1 nitrogen and oxygen atoms in total. The lowest BCUT2D eigenvalue weighted by atomic mass is 10.0. The molecule has 0 amide bonds. The molecule has 0 aliphatic heterocycles. The van der Waals surface area contributed by atoms with Crippen molar-refractivity contribution in [3.63, 3.8) is 0 Å². The largest absolute Gasteiger partial charge is 0.260 e. The Hall–Kier alpha value is -1.67. The minimum Gasteiger partial charge on any atom is -0.260 e. The summed E-state index contributed by atoms with van der Waals surface area (Å²) in [5.74, 6) is 0. The van der Waals surface area contributed by atoms with Gasteiger partial charge in [0.15, 0.2) is 0 Å². The molecule has 3 rings (SSSR count). The maximum absolute atomic E-state index is 4.52. The molecule has 0 atom stereocenters. The number of halogens is 1. The van der Waals surface area contributed by atoms with Crippen molar-refractivity contribution in [3.05, 3.63) is 76.5 Å². The zero-order valence-corrected chi connectivity index (χ0v) is 11.4. The molecule has 0 aliphatic rings. The first-order valence-corrected chi connectivity index (χ1v) is 6.70. The van der Waals surface area contributed by atoms with Gasteiger partial charge < -0.3 is 0 Å². The van der Waals surface area contributed by atoms with Crippen molar-refractivity contribution in [1.29, 1.82) is 0 Å². The van der Waals surface area contributed by atoms with E-state index in [-0.39, 0.29) is 0 Å². The number of benzene rings is 2. The quantitative estimate of drug-likeness (QED) is 0.674. The van der Waals surface area contributed by atoms with E-state index in [0.29, 0.717) is 0 Å². The maximum atomic E-state index is 4.52. The van der Waals surface area contributed by atoms with E-state index in [0.717, 1.165) is 16.6 Å². The van der Waals surface area contributed by atoms with Crippen LogP contribution in [0.5, 0.6) is 0 Å². The molecule has 0 aliphatic carbocycles. The normalized spacial score (nSPS) is 10.7. The summed E-state index contributed by atoms with van der Waals surface area (Å²) in [6.07, 6.45) is 2.73. The Labute approximate surface area is 115 Å². The van der Waals surface area contributed by atoms with E-state index in [1.807, 2.05) is 12.3 Å². The van der Waals surface area contributed by atoms with E-state index in [2.05, 4.69) is 69.4 Å². The van der Waals surface area contributed by atoms with E-state index in [1.54, 1.807) is 0 Å². The second-order valence-electron chi connectivity index (χ2n) is 4.25. The van der Waals surface area contributed by atoms with Crippen LogP contribution in [0.4, 0.5) is 0 Å². The lowest BCUT2D eigenvalue weighted by Gasteiger charge is -2.07. The van der Waals surface area contributed by atoms with Crippen LogP contribution >= 0.6 is 15.9 Å². The molecule has 0 fully saturated rings. The van der Waals surface area contributed by atoms with Gasteiger partial charge in [0.25, 0.3) is 0 Å². The van der Waals surface area contributed by atoms with Gasteiger partial charge in [-0.15, -0.1) is 0 Å². The Kier molecular flexibility index (Phi) is 3.11. The monoisotopic (exact) mass is 297 g/mol. The van der Waals surface area contributed by atoms with E-state index in [1.165, 1.54) is 16.3 Å². The van der Waals surface area contributed by atoms with Gasteiger partial charge in [-0.3, -0.25) is 4.98 Å². The van der Waals surface area contributed by atoms with E-state index in [9.17, 15) is 0 Å². The lowest BCUT2D eigenvalue weighted by molar-refractivity contribution is 1.09. The standard InChI is InChI=1S/C16H12BrN/c17-15-8-4-2-6-13(15)11-16-14-7-3-1-5-12(14)9-10-18-16/h1-10H,11H2. The fraction of sp³-hybridized carbons (Fsp3) is 0.0625. The Morgan fingerprint density at radius 3 is 2.56 bits per heavy atom. The second-order valence-corrected chi connectivity index (χ2v) is 5.10. The van der Waals surface area contributed by atoms with Crippen molar-refractivity contribution >= 4 is 26.7 Å². The number of pyridine rings is 1. The highest BCUT2D eigenvalue weighted by molar-refractivity contribution is 9.10. The van der Waals surface area contributed by atoms with Crippen LogP contribution in [-0.2, 0) is 6.42 Å². The molecule has 18 heavy (non-hydrogen) atoms. The number of aromatic nitrogens is 1. The van der Waals surface area contributed by atoms with Gasteiger partial charge in [-0.05, 0) is 23.1 Å². The van der Waals surface area contributed by atoms with Crippen molar-refractivity contribution in [3.8, 4) is 0 Å². The van der Waals surface area contributed by atoms with Crippen LogP contribution in [0, 0.1) is 0 Å². The van der Waals surface area contributed by atoms with Gasteiger partial charge in [0.2, 0.25) is 0 Å². The highest BCUT2D eigenvalue weighted by Gasteiger charge is 2.05. The number of nitrogens with zero attached hydrogens (tertiary/aromatic N) is 1. The number of rotatable bonds is 2. The molecule has 0 saturated carbocycles. The summed E-state index contributed by atoms with van der Waals surface area (Å²) in [5.41, 5.74) is 2.39. The van der Waals surface area contributed by atoms with Gasteiger partial charge in [0.1, 0.15) is 0 Å². The summed E-state index contributed by atoms with van der Waals surface area (Å²) in [6.45, 7) is 0. The molecule has 0 bridgehead atoms. The summed E-state index contributed by atoms with van der Waals surface area (Å²) < 4.78 is 1.14. The first kappa shape index (κ1) is 11.4. The third kappa shape index (κ3) is 2.16.